The van der Waals surface area contributed by atoms with Crippen molar-refractivity contribution in [3.05, 3.63) is 29.6 Å². The van der Waals surface area contributed by atoms with Crippen molar-refractivity contribution in [2.45, 2.75) is 58.0 Å². The molecule has 1 amide bonds. The number of aryl methyl sites for hydroxylation is 1. The summed E-state index contributed by atoms with van der Waals surface area (Å²) in [6.45, 7) is 4.62. The monoisotopic (exact) mass is 485 g/mol. The molecular weight excluding hydrogens is 453 g/mol. The van der Waals surface area contributed by atoms with Crippen molar-refractivity contribution < 1.29 is 9.63 Å². The number of hydrogen-bond acceptors (Lipinski definition) is 6. The van der Waals surface area contributed by atoms with E-state index in [2.05, 4.69) is 31.1 Å². The maximum Gasteiger partial charge on any atom is 0.289 e. The number of guanidine groups is 1. The summed E-state index contributed by atoms with van der Waals surface area (Å²) in [6, 6.07) is 6.10. The van der Waals surface area contributed by atoms with Crippen LogP contribution < -0.4 is 21.7 Å². The lowest BCUT2D eigenvalue weighted by Crippen LogP contribution is -2.51. The number of carbonyl (C=O) groups is 1. The fourth-order valence-electron chi connectivity index (χ4n) is 3.74. The summed E-state index contributed by atoms with van der Waals surface area (Å²) >= 11 is 0. The molecule has 3 rings (SSSR count). The van der Waals surface area contributed by atoms with E-state index in [0.717, 1.165) is 48.6 Å². The van der Waals surface area contributed by atoms with Gasteiger partial charge in [-0.1, -0.05) is 31.4 Å². The van der Waals surface area contributed by atoms with Crippen molar-refractivity contribution in [2.24, 2.45) is 10.9 Å². The Morgan fingerprint density at radius 3 is 2.62 bits per heavy atom. The zero-order chi connectivity index (χ0) is 21.5. The summed E-state index contributed by atoms with van der Waals surface area (Å²) < 4.78 is 0. The Bertz CT molecular complexity index is 926. The highest BCUT2D eigenvalue weighted by Crippen LogP contribution is 2.27. The standard InChI is InChI=1S/C21H31N7O2.2ClH/c1-4-11-23-20(29)19-24-15-10-9-13(2)12-14(15)18(27-19)25-16-7-5-6-8-17(16)26-21(22)28-30-3;;/h9-10,12,16-17H,4-8,11H2,1-3H3,(H,23,29)(H3,22,26,28)(H,24,25,27);2*1H/t16-,17+;;/m0../s1. The van der Waals surface area contributed by atoms with Gasteiger partial charge in [-0.15, -0.1) is 24.8 Å². The molecule has 2 atom stereocenters. The molecule has 0 unspecified atom stereocenters. The summed E-state index contributed by atoms with van der Waals surface area (Å²) in [7, 11) is 1.46. The molecule has 0 aliphatic heterocycles. The van der Waals surface area contributed by atoms with Crippen LogP contribution >= 0.6 is 24.8 Å². The molecule has 32 heavy (non-hydrogen) atoms. The number of anilines is 1. The number of rotatable bonds is 7. The van der Waals surface area contributed by atoms with Gasteiger partial charge >= 0.3 is 0 Å². The molecule has 1 aliphatic carbocycles. The predicted octanol–water partition coefficient (Wildman–Crippen LogP) is 3.11. The van der Waals surface area contributed by atoms with Gasteiger partial charge in [-0.3, -0.25) is 4.79 Å². The Kier molecular flexibility index (Phi) is 11.3. The number of fused-ring (bicyclic) bond motifs is 1. The Morgan fingerprint density at radius 1 is 1.22 bits per heavy atom. The maximum absolute atomic E-state index is 12.5. The second-order valence-electron chi connectivity index (χ2n) is 7.62. The molecule has 5 N–H and O–H groups in total. The van der Waals surface area contributed by atoms with Crippen LogP contribution in [0.1, 0.15) is 55.2 Å². The summed E-state index contributed by atoms with van der Waals surface area (Å²) in [6.07, 6.45) is 4.95. The lowest BCUT2D eigenvalue weighted by Gasteiger charge is -2.33. The number of nitrogens with one attached hydrogen (secondary N) is 3. The molecular formula is C21H33Cl2N7O2. The number of benzene rings is 1. The number of hydrogen-bond donors (Lipinski definition) is 4. The third-order valence-electron chi connectivity index (χ3n) is 5.20. The first-order chi connectivity index (χ1) is 14.5. The minimum Gasteiger partial charge on any atom is -0.396 e. The van der Waals surface area contributed by atoms with Gasteiger partial charge in [-0.2, -0.15) is 0 Å². The van der Waals surface area contributed by atoms with Crippen molar-refractivity contribution in [1.29, 1.82) is 0 Å². The van der Waals surface area contributed by atoms with Crippen molar-refractivity contribution in [1.82, 2.24) is 20.6 Å². The maximum atomic E-state index is 12.5. The number of oxime groups is 1. The number of nitrogens with two attached hydrogens (primary N) is 1. The topological polar surface area (TPSA) is 127 Å². The first-order valence-corrected chi connectivity index (χ1v) is 10.5. The highest BCUT2D eigenvalue weighted by molar-refractivity contribution is 5.96. The average Bonchev–Trinajstić information content (AvgIpc) is 2.73. The molecule has 1 aromatic carbocycles. The van der Waals surface area contributed by atoms with E-state index in [1.807, 2.05) is 32.0 Å². The van der Waals surface area contributed by atoms with Crippen LogP contribution in [0, 0.1) is 6.92 Å². The van der Waals surface area contributed by atoms with Crippen LogP contribution in [-0.4, -0.2) is 47.6 Å². The summed E-state index contributed by atoms with van der Waals surface area (Å²) in [4.78, 5) is 26.3. The van der Waals surface area contributed by atoms with Gasteiger partial charge in [0, 0.05) is 24.0 Å². The molecule has 0 saturated heterocycles. The highest BCUT2D eigenvalue weighted by atomic mass is 35.5. The SMILES string of the molecule is CCCNC(=O)c1nc(N[C@H]2CCCC[C@H]2N/C(N)=N\OC)c2cc(C)ccc2n1.Cl.Cl. The Morgan fingerprint density at radius 2 is 1.94 bits per heavy atom. The molecule has 0 spiro atoms. The first-order valence-electron chi connectivity index (χ1n) is 10.5. The molecule has 1 saturated carbocycles. The fraction of sp³-hybridized carbons (Fsp3) is 0.524. The molecule has 1 heterocycles. The van der Waals surface area contributed by atoms with E-state index >= 15 is 0 Å². The van der Waals surface area contributed by atoms with Gasteiger partial charge < -0.3 is 26.5 Å². The van der Waals surface area contributed by atoms with E-state index in [4.69, 9.17) is 10.6 Å². The van der Waals surface area contributed by atoms with E-state index in [9.17, 15) is 4.79 Å². The summed E-state index contributed by atoms with van der Waals surface area (Å²) in [5.41, 5.74) is 7.74. The molecule has 1 fully saturated rings. The lowest BCUT2D eigenvalue weighted by atomic mass is 9.90. The van der Waals surface area contributed by atoms with Crippen molar-refractivity contribution in [3.8, 4) is 0 Å². The van der Waals surface area contributed by atoms with Crippen LogP contribution in [-0.2, 0) is 4.84 Å². The second-order valence-corrected chi connectivity index (χ2v) is 7.62. The van der Waals surface area contributed by atoms with Gasteiger partial charge in [-0.25, -0.2) is 9.97 Å². The Balaban J connectivity index is 0.00000256. The van der Waals surface area contributed by atoms with Gasteiger partial charge in [0.15, 0.2) is 0 Å². The Hall–Kier alpha value is -2.52. The zero-order valence-corrected chi connectivity index (χ0v) is 20.3. The van der Waals surface area contributed by atoms with E-state index < -0.39 is 0 Å². The van der Waals surface area contributed by atoms with Crippen LogP contribution in [0.2, 0.25) is 0 Å². The second kappa shape index (κ2) is 13.1. The number of amides is 1. The summed E-state index contributed by atoms with van der Waals surface area (Å²) in [5.74, 6) is 0.811. The van der Waals surface area contributed by atoms with Crippen molar-refractivity contribution in [3.63, 3.8) is 0 Å². The highest BCUT2D eigenvalue weighted by Gasteiger charge is 2.27. The number of aromatic nitrogens is 2. The summed E-state index contributed by atoms with van der Waals surface area (Å²) in [5, 5.41) is 14.3. The van der Waals surface area contributed by atoms with Crippen molar-refractivity contribution in [2.75, 3.05) is 19.0 Å². The average molecular weight is 486 g/mol. The van der Waals surface area contributed by atoms with Crippen LogP contribution in [0.25, 0.3) is 10.9 Å². The molecule has 1 aliphatic rings. The van der Waals surface area contributed by atoms with Crippen molar-refractivity contribution >= 4 is 53.4 Å². The van der Waals surface area contributed by atoms with Gasteiger partial charge in [0.05, 0.1) is 5.52 Å². The molecule has 2 aromatic rings. The largest absolute Gasteiger partial charge is 0.396 e. The number of carbonyl (C=O) groups excluding carboxylic acids is 1. The molecule has 9 nitrogen and oxygen atoms in total. The molecule has 0 radical (unpaired) electrons. The van der Waals surface area contributed by atoms with E-state index in [1.165, 1.54) is 7.11 Å². The minimum absolute atomic E-state index is 0. The van der Waals surface area contributed by atoms with E-state index in [0.29, 0.717) is 12.4 Å². The van der Waals surface area contributed by atoms with Crippen LogP contribution in [0.4, 0.5) is 5.82 Å². The third kappa shape index (κ3) is 7.00. The molecule has 178 valence electrons. The third-order valence-corrected chi connectivity index (χ3v) is 5.20. The van der Waals surface area contributed by atoms with Gasteiger partial charge in [-0.05, 0) is 43.5 Å². The molecule has 1 aromatic heterocycles. The van der Waals surface area contributed by atoms with Crippen LogP contribution in [0.15, 0.2) is 23.4 Å². The first kappa shape index (κ1) is 27.5. The number of halogens is 2. The zero-order valence-electron chi connectivity index (χ0n) is 18.7. The van der Waals surface area contributed by atoms with Crippen LogP contribution in [0.5, 0.6) is 0 Å². The molecule has 0 bridgehead atoms. The van der Waals surface area contributed by atoms with E-state index in [1.54, 1.807) is 0 Å². The quantitative estimate of drug-likeness (QED) is 0.269. The number of nitrogens with zero attached hydrogens (tertiary/aromatic N) is 3. The van der Waals surface area contributed by atoms with Gasteiger partial charge in [0.2, 0.25) is 11.8 Å². The fourth-order valence-corrected chi connectivity index (χ4v) is 3.74. The smallest absolute Gasteiger partial charge is 0.289 e. The van der Waals surface area contributed by atoms with Gasteiger partial charge in [0.1, 0.15) is 12.9 Å². The lowest BCUT2D eigenvalue weighted by molar-refractivity contribution is 0.0943. The Labute approximate surface area is 201 Å². The van der Waals surface area contributed by atoms with Gasteiger partial charge in [0.25, 0.3) is 5.91 Å². The van der Waals surface area contributed by atoms with E-state index in [-0.39, 0.29) is 54.6 Å². The molecule has 11 heteroatoms. The normalized spacial score (nSPS) is 18.2. The minimum atomic E-state index is -0.267. The van der Waals surface area contributed by atoms with Crippen LogP contribution in [0.3, 0.4) is 0 Å². The predicted molar refractivity (Wildman–Crippen MR) is 133 cm³/mol.